The third kappa shape index (κ3) is 6.22. The lowest BCUT2D eigenvalue weighted by molar-refractivity contribution is -0.136. The summed E-state index contributed by atoms with van der Waals surface area (Å²) < 4.78 is 20.5. The summed E-state index contributed by atoms with van der Waals surface area (Å²) in [5.74, 6) is 0.369. The number of rotatable bonds is 7. The molecule has 1 aliphatic carbocycles. The molecule has 0 radical (unpaired) electrons. The van der Waals surface area contributed by atoms with Gasteiger partial charge in [0.05, 0.1) is 18.2 Å². The number of hydrogen-bond acceptors (Lipinski definition) is 3. The Hall–Kier alpha value is -2.56. The molecule has 0 saturated heterocycles. The molecule has 1 aliphatic rings. The average molecular weight is 428 g/mol. The van der Waals surface area contributed by atoms with E-state index in [9.17, 15) is 9.18 Å². The lowest BCUT2D eigenvalue weighted by Crippen LogP contribution is -2.30. The van der Waals surface area contributed by atoms with Crippen molar-refractivity contribution >= 4 is 11.7 Å². The third-order valence-corrected chi connectivity index (χ3v) is 6.41. The number of carboxylic acids is 1. The highest BCUT2D eigenvalue weighted by Crippen LogP contribution is 2.39. The predicted molar refractivity (Wildman–Crippen MR) is 123 cm³/mol. The van der Waals surface area contributed by atoms with Crippen molar-refractivity contribution in [3.05, 3.63) is 48.3 Å². The van der Waals surface area contributed by atoms with E-state index in [1.807, 2.05) is 24.3 Å². The molecule has 4 nitrogen and oxygen atoms in total. The first-order valence-electron chi connectivity index (χ1n) is 11.1. The van der Waals surface area contributed by atoms with Crippen LogP contribution in [0.15, 0.2) is 42.5 Å². The van der Waals surface area contributed by atoms with Gasteiger partial charge in [-0.3, -0.25) is 4.79 Å². The largest absolute Gasteiger partial charge is 0.490 e. The molecule has 2 aromatic rings. The van der Waals surface area contributed by atoms with Crippen LogP contribution in [0.5, 0.6) is 5.75 Å². The Bertz CT molecular complexity index is 881. The molecular formula is C26H34FNO3. The van der Waals surface area contributed by atoms with Crippen LogP contribution in [-0.4, -0.2) is 30.8 Å². The fraction of sp³-hybridized carbons (Fsp3) is 0.500. The molecule has 1 fully saturated rings. The Morgan fingerprint density at radius 3 is 2.26 bits per heavy atom. The van der Waals surface area contributed by atoms with E-state index < -0.39 is 5.97 Å². The van der Waals surface area contributed by atoms with Gasteiger partial charge in [-0.1, -0.05) is 39.0 Å². The highest BCUT2D eigenvalue weighted by atomic mass is 19.1. The van der Waals surface area contributed by atoms with Crippen LogP contribution in [0.25, 0.3) is 11.1 Å². The van der Waals surface area contributed by atoms with E-state index in [-0.39, 0.29) is 24.9 Å². The second kappa shape index (κ2) is 9.71. The zero-order valence-corrected chi connectivity index (χ0v) is 19.0. The molecule has 0 bridgehead atoms. The Labute approximate surface area is 185 Å². The minimum atomic E-state index is -0.897. The predicted octanol–water partition coefficient (Wildman–Crippen LogP) is 6.39. The molecule has 2 aromatic carbocycles. The SMILES string of the molecule is CN(CCC(=O)O)c1cc(-c2ccc(O[C@H]3CC[C@H](C(C)(C)C)CC3)cc2)ccc1F. The smallest absolute Gasteiger partial charge is 0.305 e. The molecule has 31 heavy (non-hydrogen) atoms. The summed E-state index contributed by atoms with van der Waals surface area (Å²) in [7, 11) is 1.70. The van der Waals surface area contributed by atoms with E-state index in [4.69, 9.17) is 9.84 Å². The zero-order chi connectivity index (χ0) is 22.6. The van der Waals surface area contributed by atoms with Crippen LogP contribution in [0.1, 0.15) is 52.9 Å². The molecule has 0 spiro atoms. The van der Waals surface area contributed by atoms with E-state index >= 15 is 0 Å². The van der Waals surface area contributed by atoms with Crippen molar-refractivity contribution in [2.45, 2.75) is 59.0 Å². The molecule has 0 amide bonds. The summed E-state index contributed by atoms with van der Waals surface area (Å²) >= 11 is 0. The van der Waals surface area contributed by atoms with E-state index in [1.165, 1.54) is 18.9 Å². The van der Waals surface area contributed by atoms with Gasteiger partial charge in [-0.05, 0) is 72.4 Å². The number of halogens is 1. The number of aliphatic carboxylic acids is 1. The van der Waals surface area contributed by atoms with Crippen molar-refractivity contribution < 1.29 is 19.0 Å². The van der Waals surface area contributed by atoms with Crippen molar-refractivity contribution in [2.75, 3.05) is 18.5 Å². The molecule has 1 N–H and O–H groups in total. The first-order chi connectivity index (χ1) is 14.6. The fourth-order valence-corrected chi connectivity index (χ4v) is 4.33. The van der Waals surface area contributed by atoms with Crippen LogP contribution in [0.3, 0.4) is 0 Å². The van der Waals surface area contributed by atoms with Gasteiger partial charge in [-0.2, -0.15) is 0 Å². The summed E-state index contributed by atoms with van der Waals surface area (Å²) in [6.45, 7) is 7.22. The summed E-state index contributed by atoms with van der Waals surface area (Å²) in [6, 6.07) is 12.9. The van der Waals surface area contributed by atoms with Crippen LogP contribution in [0, 0.1) is 17.2 Å². The maximum absolute atomic E-state index is 14.3. The molecule has 3 rings (SSSR count). The quantitative estimate of drug-likeness (QED) is 0.556. The molecule has 0 aliphatic heterocycles. The van der Waals surface area contributed by atoms with E-state index in [0.29, 0.717) is 11.1 Å². The molecule has 0 unspecified atom stereocenters. The normalized spacial score (nSPS) is 19.1. The number of benzene rings is 2. The van der Waals surface area contributed by atoms with Crippen LogP contribution >= 0.6 is 0 Å². The Morgan fingerprint density at radius 2 is 1.68 bits per heavy atom. The number of hydrogen-bond donors (Lipinski definition) is 1. The van der Waals surface area contributed by atoms with Crippen LogP contribution < -0.4 is 9.64 Å². The summed E-state index contributed by atoms with van der Waals surface area (Å²) in [6.07, 6.45) is 4.83. The fourth-order valence-electron chi connectivity index (χ4n) is 4.33. The van der Waals surface area contributed by atoms with Gasteiger partial charge in [-0.25, -0.2) is 4.39 Å². The van der Waals surface area contributed by atoms with Crippen LogP contribution in [0.2, 0.25) is 0 Å². The van der Waals surface area contributed by atoms with Crippen molar-refractivity contribution in [3.8, 4) is 16.9 Å². The van der Waals surface area contributed by atoms with E-state index in [0.717, 1.165) is 35.6 Å². The lowest BCUT2D eigenvalue weighted by Gasteiger charge is -2.36. The Kier molecular flexibility index (Phi) is 7.24. The van der Waals surface area contributed by atoms with Crippen LogP contribution in [0.4, 0.5) is 10.1 Å². The highest BCUT2D eigenvalue weighted by molar-refractivity contribution is 5.70. The minimum absolute atomic E-state index is 0.0378. The van der Waals surface area contributed by atoms with Crippen molar-refractivity contribution in [3.63, 3.8) is 0 Å². The third-order valence-electron chi connectivity index (χ3n) is 6.41. The van der Waals surface area contributed by atoms with Crippen molar-refractivity contribution in [1.29, 1.82) is 0 Å². The van der Waals surface area contributed by atoms with Gasteiger partial charge in [0.15, 0.2) is 0 Å². The summed E-state index contributed by atoms with van der Waals surface area (Å²) in [5, 5.41) is 8.87. The Morgan fingerprint density at radius 1 is 1.06 bits per heavy atom. The zero-order valence-electron chi connectivity index (χ0n) is 19.0. The lowest BCUT2D eigenvalue weighted by atomic mass is 9.72. The van der Waals surface area contributed by atoms with Gasteiger partial charge in [0.1, 0.15) is 11.6 Å². The van der Waals surface area contributed by atoms with Crippen molar-refractivity contribution in [1.82, 2.24) is 0 Å². The average Bonchev–Trinajstić information content (AvgIpc) is 2.73. The second-order valence-corrected chi connectivity index (χ2v) is 9.71. The van der Waals surface area contributed by atoms with Crippen LogP contribution in [-0.2, 0) is 4.79 Å². The first kappa shape index (κ1) is 23.1. The van der Waals surface area contributed by atoms with E-state index in [2.05, 4.69) is 20.8 Å². The number of ether oxygens (including phenoxy) is 1. The molecular weight excluding hydrogens is 393 g/mol. The maximum atomic E-state index is 14.3. The maximum Gasteiger partial charge on any atom is 0.305 e. The molecule has 5 heteroatoms. The molecule has 0 atom stereocenters. The monoisotopic (exact) mass is 427 g/mol. The standard InChI is InChI=1S/C26H34FNO3/c1-26(2,3)20-8-12-22(13-9-20)31-21-10-5-18(6-11-21)19-7-14-23(27)24(17-19)28(4)16-15-25(29)30/h5-7,10-11,14,17,20,22H,8-9,12-13,15-16H2,1-4H3,(H,29,30)/t20-,22-. The topological polar surface area (TPSA) is 49.8 Å². The van der Waals surface area contributed by atoms with Gasteiger partial charge in [0, 0.05) is 13.6 Å². The van der Waals surface area contributed by atoms with Gasteiger partial charge < -0.3 is 14.7 Å². The number of anilines is 1. The highest BCUT2D eigenvalue weighted by Gasteiger charge is 2.30. The first-order valence-corrected chi connectivity index (χ1v) is 11.1. The van der Waals surface area contributed by atoms with Gasteiger partial charge in [-0.15, -0.1) is 0 Å². The molecule has 0 aromatic heterocycles. The second-order valence-electron chi connectivity index (χ2n) is 9.71. The van der Waals surface area contributed by atoms with Gasteiger partial charge in [0.2, 0.25) is 0 Å². The Balaban J connectivity index is 1.64. The summed E-state index contributed by atoms with van der Waals surface area (Å²) in [4.78, 5) is 12.4. The number of carbonyl (C=O) groups is 1. The molecule has 0 heterocycles. The minimum Gasteiger partial charge on any atom is -0.490 e. The van der Waals surface area contributed by atoms with Gasteiger partial charge >= 0.3 is 5.97 Å². The van der Waals surface area contributed by atoms with Gasteiger partial charge in [0.25, 0.3) is 0 Å². The summed E-state index contributed by atoms with van der Waals surface area (Å²) in [5.41, 5.74) is 2.62. The van der Waals surface area contributed by atoms with Crippen molar-refractivity contribution in [2.24, 2.45) is 11.3 Å². The van der Waals surface area contributed by atoms with E-state index in [1.54, 1.807) is 24.1 Å². The molecule has 1 saturated carbocycles. The number of nitrogens with zero attached hydrogens (tertiary/aromatic N) is 1. The molecule has 168 valence electrons. The number of carboxylic acid groups (broad SMARTS) is 1.